The van der Waals surface area contributed by atoms with Gasteiger partial charge in [0.25, 0.3) is 0 Å². The van der Waals surface area contributed by atoms with E-state index in [9.17, 15) is 5.11 Å². The Morgan fingerprint density at radius 2 is 2.00 bits per heavy atom. The van der Waals surface area contributed by atoms with Gasteiger partial charge in [-0.1, -0.05) is 18.2 Å². The van der Waals surface area contributed by atoms with E-state index in [4.69, 9.17) is 9.47 Å². The van der Waals surface area contributed by atoms with Gasteiger partial charge in [0.05, 0.1) is 25.4 Å². The van der Waals surface area contributed by atoms with Crippen LogP contribution in [0, 0.1) is 0 Å². The fourth-order valence-electron chi connectivity index (χ4n) is 1.71. The third-order valence-corrected chi connectivity index (χ3v) is 2.74. The van der Waals surface area contributed by atoms with Crippen LogP contribution in [0.3, 0.4) is 0 Å². The number of hydrogen-bond acceptors (Lipinski definition) is 4. The summed E-state index contributed by atoms with van der Waals surface area (Å²) in [6.07, 6.45) is 0.500. The normalized spacial score (nSPS) is 12.7. The molecule has 0 bridgehead atoms. The van der Waals surface area contributed by atoms with Gasteiger partial charge >= 0.3 is 0 Å². The van der Waals surface area contributed by atoms with Gasteiger partial charge in [-0.25, -0.2) is 0 Å². The first-order chi connectivity index (χ1) is 9.13. The summed E-state index contributed by atoms with van der Waals surface area (Å²) in [4.78, 5) is 0. The highest BCUT2D eigenvalue weighted by molar-refractivity contribution is 5.51. The van der Waals surface area contributed by atoms with Crippen LogP contribution in [0.2, 0.25) is 0 Å². The second-order valence-electron chi connectivity index (χ2n) is 4.82. The van der Waals surface area contributed by atoms with Crippen LogP contribution in [0.5, 0.6) is 0 Å². The first-order valence-electron chi connectivity index (χ1n) is 6.74. The molecule has 0 fully saturated rings. The number of nitrogens with one attached hydrogen (secondary N) is 1. The first-order valence-corrected chi connectivity index (χ1v) is 6.74. The highest BCUT2D eigenvalue weighted by Crippen LogP contribution is 2.15. The van der Waals surface area contributed by atoms with E-state index < -0.39 is 6.10 Å². The van der Waals surface area contributed by atoms with Crippen molar-refractivity contribution in [1.29, 1.82) is 0 Å². The van der Waals surface area contributed by atoms with E-state index in [0.29, 0.717) is 19.8 Å². The topological polar surface area (TPSA) is 50.7 Å². The maximum Gasteiger partial charge on any atom is 0.0945 e. The second-order valence-corrected chi connectivity index (χ2v) is 4.82. The highest BCUT2D eigenvalue weighted by atomic mass is 16.5. The number of ether oxygens (including phenoxy) is 2. The molecule has 1 aromatic carbocycles. The molecule has 0 aromatic heterocycles. The molecular formula is C15H25NO3. The molecule has 108 valence electrons. The maximum absolute atomic E-state index is 9.81. The number of rotatable bonds is 9. The summed E-state index contributed by atoms with van der Waals surface area (Å²) < 4.78 is 10.5. The number of aliphatic hydroxyl groups excluding tert-OH is 1. The smallest absolute Gasteiger partial charge is 0.0945 e. The van der Waals surface area contributed by atoms with Gasteiger partial charge in [0, 0.05) is 19.3 Å². The fraction of sp³-hybridized carbons (Fsp3) is 0.600. The third-order valence-electron chi connectivity index (χ3n) is 2.74. The summed E-state index contributed by atoms with van der Waals surface area (Å²) in [6.45, 7) is 5.44. The molecule has 0 heterocycles. The molecule has 4 nitrogen and oxygen atoms in total. The zero-order valence-corrected chi connectivity index (χ0v) is 12.1. The van der Waals surface area contributed by atoms with E-state index in [0.717, 1.165) is 12.1 Å². The SMILES string of the molecule is COCCc1ccccc1NCC(O)COC(C)C. The van der Waals surface area contributed by atoms with Crippen molar-refractivity contribution in [1.82, 2.24) is 0 Å². The molecule has 0 saturated heterocycles. The second kappa shape index (κ2) is 8.91. The van der Waals surface area contributed by atoms with Crippen LogP contribution in [0.15, 0.2) is 24.3 Å². The van der Waals surface area contributed by atoms with E-state index in [2.05, 4.69) is 11.4 Å². The number of aliphatic hydroxyl groups is 1. The molecule has 0 aliphatic heterocycles. The molecule has 1 unspecified atom stereocenters. The molecule has 0 saturated carbocycles. The van der Waals surface area contributed by atoms with Gasteiger partial charge in [0.2, 0.25) is 0 Å². The molecule has 0 aliphatic carbocycles. The average molecular weight is 267 g/mol. The van der Waals surface area contributed by atoms with Crippen LogP contribution >= 0.6 is 0 Å². The molecule has 0 spiro atoms. The minimum atomic E-state index is -0.502. The Morgan fingerprint density at radius 3 is 2.68 bits per heavy atom. The zero-order chi connectivity index (χ0) is 14.1. The maximum atomic E-state index is 9.81. The molecule has 1 aromatic rings. The van der Waals surface area contributed by atoms with Gasteiger partial charge in [0.1, 0.15) is 0 Å². The van der Waals surface area contributed by atoms with Gasteiger partial charge in [0.15, 0.2) is 0 Å². The Balaban J connectivity index is 2.43. The van der Waals surface area contributed by atoms with Crippen molar-refractivity contribution in [3.05, 3.63) is 29.8 Å². The largest absolute Gasteiger partial charge is 0.389 e. The first kappa shape index (κ1) is 16.0. The van der Waals surface area contributed by atoms with Crippen LogP contribution < -0.4 is 5.32 Å². The fourth-order valence-corrected chi connectivity index (χ4v) is 1.71. The lowest BCUT2D eigenvalue weighted by atomic mass is 10.1. The molecule has 19 heavy (non-hydrogen) atoms. The summed E-state index contributed by atoms with van der Waals surface area (Å²) in [6, 6.07) is 8.07. The van der Waals surface area contributed by atoms with Crippen molar-refractivity contribution >= 4 is 5.69 Å². The Labute approximate surface area is 115 Å². The Morgan fingerprint density at radius 1 is 1.26 bits per heavy atom. The van der Waals surface area contributed by atoms with Crippen molar-refractivity contribution in [3.8, 4) is 0 Å². The predicted molar refractivity (Wildman–Crippen MR) is 77.6 cm³/mol. The van der Waals surface area contributed by atoms with Gasteiger partial charge < -0.3 is 19.9 Å². The molecule has 1 atom stereocenters. The number of anilines is 1. The number of hydrogen-bond donors (Lipinski definition) is 2. The summed E-state index contributed by atoms with van der Waals surface area (Å²) in [5.41, 5.74) is 2.24. The lowest BCUT2D eigenvalue weighted by Crippen LogP contribution is -2.26. The predicted octanol–water partition coefficient (Wildman–Crippen LogP) is 2.07. The molecule has 1 rings (SSSR count). The number of benzene rings is 1. The summed E-state index contributed by atoms with van der Waals surface area (Å²) in [5, 5.41) is 13.1. The number of methoxy groups -OCH3 is 1. The van der Waals surface area contributed by atoms with Crippen LogP contribution in [0.4, 0.5) is 5.69 Å². The van der Waals surface area contributed by atoms with E-state index in [1.165, 1.54) is 5.56 Å². The standard InChI is InChI=1S/C15H25NO3/c1-12(2)19-11-14(17)10-16-15-7-5-4-6-13(15)8-9-18-3/h4-7,12,14,16-17H,8-11H2,1-3H3. The van der Waals surface area contributed by atoms with Crippen LogP contribution in [0.25, 0.3) is 0 Å². The van der Waals surface area contributed by atoms with Gasteiger partial charge in [-0.2, -0.15) is 0 Å². The van der Waals surface area contributed by atoms with Crippen molar-refractivity contribution in [2.24, 2.45) is 0 Å². The van der Waals surface area contributed by atoms with Crippen LogP contribution in [-0.4, -0.2) is 44.2 Å². The zero-order valence-electron chi connectivity index (χ0n) is 12.1. The minimum Gasteiger partial charge on any atom is -0.389 e. The average Bonchev–Trinajstić information content (AvgIpc) is 2.41. The van der Waals surface area contributed by atoms with Crippen LogP contribution in [-0.2, 0) is 15.9 Å². The monoisotopic (exact) mass is 267 g/mol. The summed E-state index contributed by atoms with van der Waals surface area (Å²) in [5.74, 6) is 0. The van der Waals surface area contributed by atoms with E-state index in [-0.39, 0.29) is 6.10 Å². The van der Waals surface area contributed by atoms with E-state index in [1.54, 1.807) is 7.11 Å². The van der Waals surface area contributed by atoms with Gasteiger partial charge in [-0.05, 0) is 31.9 Å². The van der Waals surface area contributed by atoms with Crippen molar-refractivity contribution in [2.75, 3.05) is 32.2 Å². The van der Waals surface area contributed by atoms with Gasteiger partial charge in [-0.3, -0.25) is 0 Å². The highest BCUT2D eigenvalue weighted by Gasteiger charge is 2.07. The lowest BCUT2D eigenvalue weighted by molar-refractivity contribution is 0.0112. The van der Waals surface area contributed by atoms with E-state index >= 15 is 0 Å². The van der Waals surface area contributed by atoms with Crippen molar-refractivity contribution < 1.29 is 14.6 Å². The molecular weight excluding hydrogens is 242 g/mol. The van der Waals surface area contributed by atoms with Crippen molar-refractivity contribution in [3.63, 3.8) is 0 Å². The molecule has 0 radical (unpaired) electrons. The van der Waals surface area contributed by atoms with Gasteiger partial charge in [-0.15, -0.1) is 0 Å². The minimum absolute atomic E-state index is 0.142. The summed E-state index contributed by atoms with van der Waals surface area (Å²) in [7, 11) is 1.70. The third kappa shape index (κ3) is 6.57. The molecule has 2 N–H and O–H groups in total. The Hall–Kier alpha value is -1.10. The lowest BCUT2D eigenvalue weighted by Gasteiger charge is -2.16. The molecule has 4 heteroatoms. The number of para-hydroxylation sites is 1. The molecule has 0 amide bonds. The Kier molecular flexibility index (Phi) is 7.48. The van der Waals surface area contributed by atoms with Crippen LogP contribution in [0.1, 0.15) is 19.4 Å². The molecule has 0 aliphatic rings. The van der Waals surface area contributed by atoms with Crippen molar-refractivity contribution in [2.45, 2.75) is 32.5 Å². The quantitative estimate of drug-likeness (QED) is 0.719. The Bertz CT molecular complexity index is 355. The summed E-state index contributed by atoms with van der Waals surface area (Å²) >= 11 is 0. The van der Waals surface area contributed by atoms with E-state index in [1.807, 2.05) is 32.0 Å².